The van der Waals surface area contributed by atoms with E-state index in [4.69, 9.17) is 17.3 Å². The molecular formula is C12H14ClN5OS. The van der Waals surface area contributed by atoms with Gasteiger partial charge in [0.15, 0.2) is 5.16 Å². The van der Waals surface area contributed by atoms with Crippen molar-refractivity contribution in [3.05, 3.63) is 29.5 Å². The Bertz CT molecular complexity index is 616. The van der Waals surface area contributed by atoms with Crippen LogP contribution in [-0.2, 0) is 11.8 Å². The van der Waals surface area contributed by atoms with Gasteiger partial charge in [0.2, 0.25) is 5.91 Å². The van der Waals surface area contributed by atoms with Gasteiger partial charge in [0.1, 0.15) is 6.33 Å². The minimum absolute atomic E-state index is 0.128. The molecule has 1 amide bonds. The first-order valence-electron chi connectivity index (χ1n) is 5.91. The van der Waals surface area contributed by atoms with E-state index in [1.807, 2.05) is 13.1 Å². The molecule has 20 heavy (non-hydrogen) atoms. The summed E-state index contributed by atoms with van der Waals surface area (Å²) < 4.78 is 1.80. The van der Waals surface area contributed by atoms with Crippen molar-refractivity contribution in [1.29, 1.82) is 0 Å². The van der Waals surface area contributed by atoms with Gasteiger partial charge in [-0.05, 0) is 30.0 Å². The van der Waals surface area contributed by atoms with Gasteiger partial charge in [-0.15, -0.1) is 10.2 Å². The number of nitrogens with two attached hydrogens (primary N) is 1. The molecule has 106 valence electrons. The zero-order valence-electron chi connectivity index (χ0n) is 10.8. The van der Waals surface area contributed by atoms with Gasteiger partial charge in [0.05, 0.1) is 5.02 Å². The molecule has 0 fully saturated rings. The standard InChI is InChI=1S/C12H14ClN5OS/c1-18-7-15-17-12(18)20-10-3-2-8(6-9(10)13)16-11(19)4-5-14/h2-3,6-7H,4-5,14H2,1H3,(H,16,19). The number of nitrogens with one attached hydrogen (secondary N) is 1. The summed E-state index contributed by atoms with van der Waals surface area (Å²) in [5.41, 5.74) is 5.97. The molecule has 0 atom stereocenters. The van der Waals surface area contributed by atoms with E-state index in [0.717, 1.165) is 10.1 Å². The molecule has 2 rings (SSSR count). The highest BCUT2D eigenvalue weighted by Gasteiger charge is 2.09. The van der Waals surface area contributed by atoms with Crippen molar-refractivity contribution in [2.75, 3.05) is 11.9 Å². The number of rotatable bonds is 5. The average Bonchev–Trinajstić information content (AvgIpc) is 2.79. The lowest BCUT2D eigenvalue weighted by Gasteiger charge is -2.08. The highest BCUT2D eigenvalue weighted by atomic mass is 35.5. The summed E-state index contributed by atoms with van der Waals surface area (Å²) in [6.07, 6.45) is 1.91. The van der Waals surface area contributed by atoms with Gasteiger partial charge in [-0.25, -0.2) is 0 Å². The van der Waals surface area contributed by atoms with Crippen LogP contribution >= 0.6 is 23.4 Å². The Labute approximate surface area is 125 Å². The molecule has 0 unspecified atom stereocenters. The molecular weight excluding hydrogens is 298 g/mol. The van der Waals surface area contributed by atoms with E-state index in [9.17, 15) is 4.79 Å². The molecule has 0 aliphatic rings. The van der Waals surface area contributed by atoms with Crippen LogP contribution < -0.4 is 11.1 Å². The van der Waals surface area contributed by atoms with Gasteiger partial charge in [-0.3, -0.25) is 4.79 Å². The molecule has 0 saturated heterocycles. The molecule has 8 heteroatoms. The maximum absolute atomic E-state index is 11.4. The number of carbonyl (C=O) groups is 1. The smallest absolute Gasteiger partial charge is 0.225 e. The van der Waals surface area contributed by atoms with Crippen molar-refractivity contribution in [3.8, 4) is 0 Å². The van der Waals surface area contributed by atoms with Crippen LogP contribution in [-0.4, -0.2) is 27.2 Å². The van der Waals surface area contributed by atoms with Crippen LogP contribution in [0.1, 0.15) is 6.42 Å². The molecule has 0 aliphatic heterocycles. The van der Waals surface area contributed by atoms with Crippen molar-refractivity contribution < 1.29 is 4.79 Å². The van der Waals surface area contributed by atoms with Crippen LogP contribution in [0.2, 0.25) is 5.02 Å². The van der Waals surface area contributed by atoms with Crippen molar-refractivity contribution >= 4 is 35.0 Å². The number of anilines is 1. The van der Waals surface area contributed by atoms with E-state index >= 15 is 0 Å². The zero-order chi connectivity index (χ0) is 14.5. The largest absolute Gasteiger partial charge is 0.330 e. The van der Waals surface area contributed by atoms with Crippen LogP contribution in [0.15, 0.2) is 34.6 Å². The first-order chi connectivity index (χ1) is 9.60. The second kappa shape index (κ2) is 6.74. The van der Waals surface area contributed by atoms with Gasteiger partial charge < -0.3 is 15.6 Å². The fourth-order valence-electron chi connectivity index (χ4n) is 1.48. The molecule has 1 aromatic carbocycles. The van der Waals surface area contributed by atoms with Gasteiger partial charge in [-0.2, -0.15) is 0 Å². The summed E-state index contributed by atoms with van der Waals surface area (Å²) in [5, 5.41) is 11.8. The third kappa shape index (κ3) is 3.72. The number of nitrogens with zero attached hydrogens (tertiary/aromatic N) is 3. The predicted octanol–water partition coefficient (Wildman–Crippen LogP) is 1.91. The van der Waals surface area contributed by atoms with E-state index in [1.165, 1.54) is 11.8 Å². The van der Waals surface area contributed by atoms with Crippen molar-refractivity contribution in [1.82, 2.24) is 14.8 Å². The third-order valence-corrected chi connectivity index (χ3v) is 4.01. The SMILES string of the molecule is Cn1cnnc1Sc1ccc(NC(=O)CCN)cc1Cl. The Balaban J connectivity index is 2.10. The Kier molecular flexibility index (Phi) is 4.99. The van der Waals surface area contributed by atoms with Crippen LogP contribution in [0.25, 0.3) is 0 Å². The number of hydrogen-bond acceptors (Lipinski definition) is 5. The van der Waals surface area contributed by atoms with Crippen LogP contribution in [0, 0.1) is 0 Å². The Morgan fingerprint density at radius 1 is 1.55 bits per heavy atom. The molecule has 2 aromatic rings. The average molecular weight is 312 g/mol. The van der Waals surface area contributed by atoms with E-state index in [2.05, 4.69) is 15.5 Å². The molecule has 3 N–H and O–H groups in total. The summed E-state index contributed by atoms with van der Waals surface area (Å²) in [6.45, 7) is 0.319. The van der Waals surface area contributed by atoms with Gasteiger partial charge in [0.25, 0.3) is 0 Å². The molecule has 1 heterocycles. The zero-order valence-corrected chi connectivity index (χ0v) is 12.4. The summed E-state index contributed by atoms with van der Waals surface area (Å²) in [5.74, 6) is -0.128. The second-order valence-corrected chi connectivity index (χ2v) is 5.47. The maximum atomic E-state index is 11.4. The molecule has 0 spiro atoms. The van der Waals surface area contributed by atoms with E-state index < -0.39 is 0 Å². The molecule has 0 saturated carbocycles. The lowest BCUT2D eigenvalue weighted by atomic mass is 10.3. The van der Waals surface area contributed by atoms with Crippen LogP contribution in [0.4, 0.5) is 5.69 Å². The fraction of sp³-hybridized carbons (Fsp3) is 0.250. The summed E-state index contributed by atoms with van der Waals surface area (Å²) in [7, 11) is 1.86. The number of aromatic nitrogens is 3. The predicted molar refractivity (Wildman–Crippen MR) is 78.9 cm³/mol. The van der Waals surface area contributed by atoms with Gasteiger partial charge in [-0.1, -0.05) is 11.6 Å². The summed E-state index contributed by atoms with van der Waals surface area (Å²) >= 11 is 7.61. The first kappa shape index (κ1) is 14.8. The van der Waals surface area contributed by atoms with Gasteiger partial charge in [0, 0.05) is 30.6 Å². The minimum Gasteiger partial charge on any atom is -0.330 e. The normalized spacial score (nSPS) is 10.6. The number of hydrogen-bond donors (Lipinski definition) is 2. The number of amides is 1. The third-order valence-electron chi connectivity index (χ3n) is 2.46. The molecule has 6 nitrogen and oxygen atoms in total. The quantitative estimate of drug-likeness (QED) is 0.881. The number of carbonyl (C=O) groups excluding carboxylic acids is 1. The number of aryl methyl sites for hydroxylation is 1. The highest BCUT2D eigenvalue weighted by molar-refractivity contribution is 7.99. The monoisotopic (exact) mass is 311 g/mol. The molecule has 0 radical (unpaired) electrons. The molecule has 1 aromatic heterocycles. The van der Waals surface area contributed by atoms with E-state index in [0.29, 0.717) is 17.3 Å². The molecule has 0 aliphatic carbocycles. The Morgan fingerprint density at radius 3 is 2.95 bits per heavy atom. The van der Waals surface area contributed by atoms with Crippen molar-refractivity contribution in [3.63, 3.8) is 0 Å². The topological polar surface area (TPSA) is 85.8 Å². The number of halogens is 1. The maximum Gasteiger partial charge on any atom is 0.225 e. The van der Waals surface area contributed by atoms with Crippen LogP contribution in [0.3, 0.4) is 0 Å². The Hall–Kier alpha value is -1.57. The molecule has 0 bridgehead atoms. The second-order valence-electron chi connectivity index (χ2n) is 4.06. The highest BCUT2D eigenvalue weighted by Crippen LogP contribution is 2.33. The Morgan fingerprint density at radius 2 is 2.35 bits per heavy atom. The van der Waals surface area contributed by atoms with Crippen LogP contribution in [0.5, 0.6) is 0 Å². The number of benzene rings is 1. The van der Waals surface area contributed by atoms with E-state index in [1.54, 1.807) is 23.0 Å². The van der Waals surface area contributed by atoms with Gasteiger partial charge >= 0.3 is 0 Å². The minimum atomic E-state index is -0.128. The lowest BCUT2D eigenvalue weighted by Crippen LogP contribution is -2.16. The van der Waals surface area contributed by atoms with Crippen molar-refractivity contribution in [2.24, 2.45) is 12.8 Å². The summed E-state index contributed by atoms with van der Waals surface area (Å²) in [6, 6.07) is 5.33. The first-order valence-corrected chi connectivity index (χ1v) is 7.11. The van der Waals surface area contributed by atoms with Crippen molar-refractivity contribution in [2.45, 2.75) is 16.5 Å². The lowest BCUT2D eigenvalue weighted by molar-refractivity contribution is -0.116. The fourth-order valence-corrected chi connectivity index (χ4v) is 2.54. The van der Waals surface area contributed by atoms with E-state index in [-0.39, 0.29) is 12.3 Å². The summed E-state index contributed by atoms with van der Waals surface area (Å²) in [4.78, 5) is 12.3.